The number of amides is 1. The standard InChI is InChI=1S/C21H28ClN3O3S/c1-5-25(6-2)20(18-9-7-8-10-19(18)22)15-23-21(26)16-11-13-17(14-12-16)29(27,28)24(3)4/h7-14,20H,5-6,15H2,1-4H3,(H,23,26). The van der Waals surface area contributed by atoms with E-state index in [-0.39, 0.29) is 16.8 Å². The molecule has 8 heteroatoms. The Morgan fingerprint density at radius 1 is 1.03 bits per heavy atom. The predicted octanol–water partition coefficient (Wildman–Crippen LogP) is 3.40. The number of hydrogen-bond acceptors (Lipinski definition) is 4. The van der Waals surface area contributed by atoms with Gasteiger partial charge in [-0.1, -0.05) is 43.6 Å². The molecule has 0 radical (unpaired) electrons. The zero-order chi connectivity index (χ0) is 21.6. The molecule has 158 valence electrons. The lowest BCUT2D eigenvalue weighted by Crippen LogP contribution is -2.38. The van der Waals surface area contributed by atoms with E-state index >= 15 is 0 Å². The molecule has 1 amide bonds. The highest BCUT2D eigenvalue weighted by Crippen LogP contribution is 2.27. The third-order valence-electron chi connectivity index (χ3n) is 4.87. The smallest absolute Gasteiger partial charge is 0.251 e. The molecule has 0 aliphatic heterocycles. The minimum atomic E-state index is -3.52. The molecule has 0 saturated heterocycles. The number of sulfonamides is 1. The van der Waals surface area contributed by atoms with Gasteiger partial charge in [0.15, 0.2) is 0 Å². The minimum absolute atomic E-state index is 0.0592. The van der Waals surface area contributed by atoms with Crippen LogP contribution >= 0.6 is 11.6 Å². The lowest BCUT2D eigenvalue weighted by molar-refractivity contribution is 0.0935. The van der Waals surface area contributed by atoms with Crippen molar-refractivity contribution in [1.82, 2.24) is 14.5 Å². The van der Waals surface area contributed by atoms with E-state index < -0.39 is 10.0 Å². The van der Waals surface area contributed by atoms with Gasteiger partial charge in [0.25, 0.3) is 5.91 Å². The highest BCUT2D eigenvalue weighted by Gasteiger charge is 2.22. The van der Waals surface area contributed by atoms with Gasteiger partial charge in [0, 0.05) is 31.2 Å². The number of nitrogens with one attached hydrogen (secondary N) is 1. The van der Waals surface area contributed by atoms with Gasteiger partial charge in [-0.3, -0.25) is 9.69 Å². The molecule has 1 unspecified atom stereocenters. The summed E-state index contributed by atoms with van der Waals surface area (Å²) in [6, 6.07) is 13.5. The molecule has 0 bridgehead atoms. The first-order valence-corrected chi connectivity index (χ1v) is 11.3. The third kappa shape index (κ3) is 5.57. The molecule has 2 rings (SSSR count). The molecule has 29 heavy (non-hydrogen) atoms. The first kappa shape index (κ1) is 23.3. The van der Waals surface area contributed by atoms with Crippen LogP contribution in [-0.4, -0.2) is 57.3 Å². The van der Waals surface area contributed by atoms with Crippen molar-refractivity contribution in [2.45, 2.75) is 24.8 Å². The van der Waals surface area contributed by atoms with Crippen molar-refractivity contribution < 1.29 is 13.2 Å². The number of benzene rings is 2. The summed E-state index contributed by atoms with van der Waals surface area (Å²) in [5.41, 5.74) is 1.37. The summed E-state index contributed by atoms with van der Waals surface area (Å²) in [6.45, 7) is 6.17. The van der Waals surface area contributed by atoms with E-state index in [0.29, 0.717) is 17.1 Å². The van der Waals surface area contributed by atoms with Gasteiger partial charge >= 0.3 is 0 Å². The van der Waals surface area contributed by atoms with Crippen molar-refractivity contribution >= 4 is 27.5 Å². The lowest BCUT2D eigenvalue weighted by Gasteiger charge is -2.31. The summed E-state index contributed by atoms with van der Waals surface area (Å²) in [5.74, 6) is -0.261. The summed E-state index contributed by atoms with van der Waals surface area (Å²) >= 11 is 6.39. The van der Waals surface area contributed by atoms with E-state index in [2.05, 4.69) is 24.1 Å². The molecule has 0 heterocycles. The van der Waals surface area contributed by atoms with Crippen molar-refractivity contribution in [3.05, 3.63) is 64.7 Å². The fraction of sp³-hybridized carbons (Fsp3) is 0.381. The molecule has 0 aromatic heterocycles. The van der Waals surface area contributed by atoms with Gasteiger partial charge in [-0.05, 0) is 49.0 Å². The Hall–Kier alpha value is -1.93. The average Bonchev–Trinajstić information content (AvgIpc) is 2.71. The largest absolute Gasteiger partial charge is 0.350 e. The fourth-order valence-corrected chi connectivity index (χ4v) is 4.29. The molecule has 6 nitrogen and oxygen atoms in total. The highest BCUT2D eigenvalue weighted by molar-refractivity contribution is 7.89. The summed E-state index contributed by atoms with van der Waals surface area (Å²) in [4.78, 5) is 15.0. The van der Waals surface area contributed by atoms with Crippen molar-refractivity contribution in [2.75, 3.05) is 33.7 Å². The highest BCUT2D eigenvalue weighted by atomic mass is 35.5. The van der Waals surface area contributed by atoms with Gasteiger partial charge in [0.05, 0.1) is 10.9 Å². The van der Waals surface area contributed by atoms with Crippen LogP contribution in [-0.2, 0) is 10.0 Å². The molecule has 0 saturated carbocycles. The van der Waals surface area contributed by atoms with Crippen LogP contribution in [0.5, 0.6) is 0 Å². The normalized spacial score (nSPS) is 12.9. The van der Waals surface area contributed by atoms with Crippen LogP contribution in [0.3, 0.4) is 0 Å². The molecule has 2 aromatic rings. The summed E-state index contributed by atoms with van der Waals surface area (Å²) < 4.78 is 25.5. The second-order valence-electron chi connectivity index (χ2n) is 6.78. The van der Waals surface area contributed by atoms with Crippen LogP contribution in [0.25, 0.3) is 0 Å². The maximum absolute atomic E-state index is 12.6. The average molecular weight is 438 g/mol. The Balaban J connectivity index is 2.17. The number of carbonyl (C=O) groups excluding carboxylic acids is 1. The lowest BCUT2D eigenvalue weighted by atomic mass is 10.0. The molecule has 0 spiro atoms. The van der Waals surface area contributed by atoms with Gasteiger partial charge in [-0.25, -0.2) is 12.7 Å². The topological polar surface area (TPSA) is 69.7 Å². The Bertz CT molecular complexity index is 926. The van der Waals surface area contributed by atoms with Crippen molar-refractivity contribution in [3.8, 4) is 0 Å². The van der Waals surface area contributed by atoms with Crippen molar-refractivity contribution in [2.24, 2.45) is 0 Å². The Morgan fingerprint density at radius 2 is 1.62 bits per heavy atom. The molecule has 2 aromatic carbocycles. The quantitative estimate of drug-likeness (QED) is 0.652. The Kier molecular flexibility index (Phi) is 8.22. The monoisotopic (exact) mass is 437 g/mol. The number of likely N-dealkylation sites (N-methyl/N-ethyl adjacent to an activating group) is 1. The number of hydrogen-bond donors (Lipinski definition) is 1. The van der Waals surface area contributed by atoms with Crippen LogP contribution in [0.1, 0.15) is 35.8 Å². The second kappa shape index (κ2) is 10.2. The van der Waals surface area contributed by atoms with E-state index in [1.54, 1.807) is 0 Å². The van der Waals surface area contributed by atoms with Crippen LogP contribution in [0.2, 0.25) is 5.02 Å². The number of carbonyl (C=O) groups is 1. The SMILES string of the molecule is CCN(CC)C(CNC(=O)c1ccc(S(=O)(=O)N(C)C)cc1)c1ccccc1Cl. The zero-order valence-electron chi connectivity index (χ0n) is 17.2. The van der Waals surface area contributed by atoms with Gasteiger partial charge < -0.3 is 5.32 Å². The van der Waals surface area contributed by atoms with Crippen molar-refractivity contribution in [3.63, 3.8) is 0 Å². The maximum atomic E-state index is 12.6. The molecule has 1 N–H and O–H groups in total. The molecular weight excluding hydrogens is 410 g/mol. The van der Waals surface area contributed by atoms with Gasteiger partial charge in [-0.2, -0.15) is 0 Å². The first-order chi connectivity index (χ1) is 13.7. The number of nitrogens with zero attached hydrogens (tertiary/aromatic N) is 2. The van der Waals surface area contributed by atoms with E-state index in [1.807, 2.05) is 24.3 Å². The van der Waals surface area contributed by atoms with Crippen LogP contribution in [0.15, 0.2) is 53.4 Å². The Labute approximate surface area is 178 Å². The van der Waals surface area contributed by atoms with Gasteiger partial charge in [0.1, 0.15) is 0 Å². The molecule has 0 aliphatic rings. The zero-order valence-corrected chi connectivity index (χ0v) is 18.8. The molecule has 1 atom stereocenters. The van der Waals surface area contributed by atoms with Gasteiger partial charge in [0.2, 0.25) is 10.0 Å². The minimum Gasteiger partial charge on any atom is -0.350 e. The van der Waals surface area contributed by atoms with E-state index in [4.69, 9.17) is 11.6 Å². The third-order valence-corrected chi connectivity index (χ3v) is 7.04. The van der Waals surface area contributed by atoms with Crippen LogP contribution in [0.4, 0.5) is 0 Å². The molecule has 0 fully saturated rings. The van der Waals surface area contributed by atoms with E-state index in [1.165, 1.54) is 38.4 Å². The number of halogens is 1. The summed E-state index contributed by atoms with van der Waals surface area (Å²) in [5, 5.41) is 3.62. The molecule has 0 aliphatic carbocycles. The fourth-order valence-electron chi connectivity index (χ4n) is 3.13. The van der Waals surface area contributed by atoms with Crippen molar-refractivity contribution in [1.29, 1.82) is 0 Å². The molecular formula is C21H28ClN3O3S. The van der Waals surface area contributed by atoms with Gasteiger partial charge in [-0.15, -0.1) is 0 Å². The summed E-state index contributed by atoms with van der Waals surface area (Å²) in [7, 11) is -0.583. The summed E-state index contributed by atoms with van der Waals surface area (Å²) in [6.07, 6.45) is 0. The second-order valence-corrected chi connectivity index (χ2v) is 9.34. The first-order valence-electron chi connectivity index (χ1n) is 9.51. The van der Waals surface area contributed by atoms with Crippen LogP contribution in [0, 0.1) is 0 Å². The Morgan fingerprint density at radius 3 is 2.14 bits per heavy atom. The van der Waals surface area contributed by atoms with E-state index in [9.17, 15) is 13.2 Å². The van der Waals surface area contributed by atoms with Crippen LogP contribution < -0.4 is 5.32 Å². The van der Waals surface area contributed by atoms with E-state index in [0.717, 1.165) is 23.0 Å². The predicted molar refractivity (Wildman–Crippen MR) is 117 cm³/mol. The number of rotatable bonds is 9. The maximum Gasteiger partial charge on any atom is 0.251 e.